The summed E-state index contributed by atoms with van der Waals surface area (Å²) in [4.78, 5) is 17.3. The molecule has 33 heavy (non-hydrogen) atoms. The van der Waals surface area contributed by atoms with Crippen LogP contribution < -0.4 is 10.1 Å². The van der Waals surface area contributed by atoms with Gasteiger partial charge in [-0.15, -0.1) is 10.2 Å². The molecule has 2 aromatic heterocycles. The SMILES string of the molecule is COc1ccc(Cl)c(F)c1-c1cc(C)ncc1C(=O)Nc1nnc(COC2CCOCC2)s1. The van der Waals surface area contributed by atoms with Crippen molar-refractivity contribution in [1.29, 1.82) is 0 Å². The van der Waals surface area contributed by atoms with Gasteiger partial charge in [-0.2, -0.15) is 0 Å². The topological polar surface area (TPSA) is 95.5 Å². The zero-order valence-corrected chi connectivity index (χ0v) is 19.6. The highest BCUT2D eigenvalue weighted by Crippen LogP contribution is 2.38. The van der Waals surface area contributed by atoms with Crippen LogP contribution in [0.15, 0.2) is 24.4 Å². The Morgan fingerprint density at radius 2 is 2.12 bits per heavy atom. The monoisotopic (exact) mass is 492 g/mol. The van der Waals surface area contributed by atoms with E-state index in [0.717, 1.165) is 12.8 Å². The first-order chi connectivity index (χ1) is 16.0. The molecule has 0 radical (unpaired) electrons. The molecule has 1 N–H and O–H groups in total. The van der Waals surface area contributed by atoms with Crippen molar-refractivity contribution in [3.05, 3.63) is 51.5 Å². The standard InChI is InChI=1S/C22H22ClFN4O4S/c1-12-9-14(19-17(30-2)4-3-16(23)20(19)24)15(10-25-12)21(29)26-22-28-27-18(33-22)11-32-13-5-7-31-8-6-13/h3-4,9-10,13H,5-8,11H2,1-2H3,(H,26,28,29). The lowest BCUT2D eigenvalue weighted by molar-refractivity contribution is -0.0392. The van der Waals surface area contributed by atoms with Crippen molar-refractivity contribution in [1.82, 2.24) is 15.2 Å². The first-order valence-corrected chi connectivity index (χ1v) is 11.5. The van der Waals surface area contributed by atoms with Gasteiger partial charge in [0, 0.05) is 30.7 Å². The van der Waals surface area contributed by atoms with Crippen LogP contribution in [0.3, 0.4) is 0 Å². The number of rotatable bonds is 7. The number of aryl methyl sites for hydroxylation is 1. The van der Waals surface area contributed by atoms with Crippen LogP contribution in [-0.4, -0.2) is 47.5 Å². The van der Waals surface area contributed by atoms with E-state index in [4.69, 9.17) is 25.8 Å². The van der Waals surface area contributed by atoms with Gasteiger partial charge in [0.1, 0.15) is 17.4 Å². The molecule has 1 aliphatic rings. The van der Waals surface area contributed by atoms with Gasteiger partial charge < -0.3 is 14.2 Å². The van der Waals surface area contributed by atoms with E-state index in [2.05, 4.69) is 20.5 Å². The average molecular weight is 493 g/mol. The number of benzene rings is 1. The quantitative estimate of drug-likeness (QED) is 0.512. The fraction of sp³-hybridized carbons (Fsp3) is 0.364. The molecule has 3 aromatic rings. The lowest BCUT2D eigenvalue weighted by Gasteiger charge is -2.21. The average Bonchev–Trinajstić information content (AvgIpc) is 3.27. The lowest BCUT2D eigenvalue weighted by Crippen LogP contribution is -2.23. The molecule has 174 valence electrons. The first-order valence-electron chi connectivity index (χ1n) is 10.3. The number of amides is 1. The molecule has 1 aliphatic heterocycles. The van der Waals surface area contributed by atoms with E-state index < -0.39 is 11.7 Å². The van der Waals surface area contributed by atoms with Gasteiger partial charge in [0.25, 0.3) is 5.91 Å². The maximum Gasteiger partial charge on any atom is 0.259 e. The second kappa shape index (κ2) is 10.5. The number of hydrogen-bond acceptors (Lipinski definition) is 8. The van der Waals surface area contributed by atoms with Gasteiger partial charge in [-0.25, -0.2) is 4.39 Å². The molecule has 1 saturated heterocycles. The number of carbonyl (C=O) groups excluding carboxylic acids is 1. The molecule has 8 nitrogen and oxygen atoms in total. The Kier molecular flexibility index (Phi) is 7.49. The van der Waals surface area contributed by atoms with Crippen molar-refractivity contribution < 1.29 is 23.4 Å². The molecule has 1 aromatic carbocycles. The molecule has 0 aliphatic carbocycles. The Hall–Kier alpha value is -2.66. The summed E-state index contributed by atoms with van der Waals surface area (Å²) in [5, 5.41) is 11.7. The van der Waals surface area contributed by atoms with Crippen LogP contribution in [0.2, 0.25) is 5.02 Å². The fourth-order valence-corrected chi connectivity index (χ4v) is 4.27. The van der Waals surface area contributed by atoms with E-state index in [1.54, 1.807) is 19.1 Å². The molecular weight excluding hydrogens is 471 g/mol. The Balaban J connectivity index is 1.54. The van der Waals surface area contributed by atoms with Crippen molar-refractivity contribution in [2.45, 2.75) is 32.5 Å². The maximum atomic E-state index is 15.0. The van der Waals surface area contributed by atoms with E-state index in [0.29, 0.717) is 41.2 Å². The van der Waals surface area contributed by atoms with Crippen molar-refractivity contribution >= 4 is 34.0 Å². The summed E-state index contributed by atoms with van der Waals surface area (Å²) in [5.41, 5.74) is 1.15. The largest absolute Gasteiger partial charge is 0.496 e. The number of halogens is 2. The van der Waals surface area contributed by atoms with Crippen LogP contribution in [-0.2, 0) is 16.1 Å². The van der Waals surface area contributed by atoms with E-state index >= 15 is 0 Å². The molecule has 1 amide bonds. The molecule has 0 saturated carbocycles. The van der Waals surface area contributed by atoms with Gasteiger partial charge in [-0.05, 0) is 38.0 Å². The highest BCUT2D eigenvalue weighted by Gasteiger charge is 2.23. The summed E-state index contributed by atoms with van der Waals surface area (Å²) < 4.78 is 31.5. The molecule has 0 spiro atoms. The molecule has 11 heteroatoms. The summed E-state index contributed by atoms with van der Waals surface area (Å²) in [6, 6.07) is 4.56. The summed E-state index contributed by atoms with van der Waals surface area (Å²) in [7, 11) is 1.42. The van der Waals surface area contributed by atoms with Gasteiger partial charge >= 0.3 is 0 Å². The molecule has 3 heterocycles. The Labute approximate surface area is 199 Å². The number of ether oxygens (including phenoxy) is 3. The third-order valence-corrected chi connectivity index (χ3v) is 6.23. The summed E-state index contributed by atoms with van der Waals surface area (Å²) >= 11 is 7.21. The van der Waals surface area contributed by atoms with Gasteiger partial charge in [-0.1, -0.05) is 22.9 Å². The van der Waals surface area contributed by atoms with E-state index in [9.17, 15) is 9.18 Å². The third-order valence-electron chi connectivity index (χ3n) is 5.13. The molecule has 0 atom stereocenters. The van der Waals surface area contributed by atoms with Crippen LogP contribution in [0.4, 0.5) is 9.52 Å². The number of nitrogens with one attached hydrogen (secondary N) is 1. The minimum atomic E-state index is -0.681. The summed E-state index contributed by atoms with van der Waals surface area (Å²) in [6.45, 7) is 3.43. The van der Waals surface area contributed by atoms with E-state index in [1.165, 1.54) is 30.7 Å². The van der Waals surface area contributed by atoms with Crippen molar-refractivity contribution in [2.75, 3.05) is 25.6 Å². The van der Waals surface area contributed by atoms with Crippen LogP contribution >= 0.6 is 22.9 Å². The molecule has 0 bridgehead atoms. The Morgan fingerprint density at radius 1 is 1.33 bits per heavy atom. The van der Waals surface area contributed by atoms with Gasteiger partial charge in [0.2, 0.25) is 5.13 Å². The van der Waals surface area contributed by atoms with Crippen molar-refractivity contribution in [2.24, 2.45) is 0 Å². The van der Waals surface area contributed by atoms with Gasteiger partial charge in [0.05, 0.1) is 29.4 Å². The fourth-order valence-electron chi connectivity index (χ4n) is 3.46. The predicted molar refractivity (Wildman–Crippen MR) is 122 cm³/mol. The second-order valence-corrected chi connectivity index (χ2v) is 8.86. The number of nitrogens with zero attached hydrogens (tertiary/aromatic N) is 3. The number of hydrogen-bond donors (Lipinski definition) is 1. The maximum absolute atomic E-state index is 15.0. The van der Waals surface area contributed by atoms with Gasteiger partial charge in [-0.3, -0.25) is 15.1 Å². The molecule has 4 rings (SSSR count). The van der Waals surface area contributed by atoms with Crippen LogP contribution in [0.1, 0.15) is 33.9 Å². The number of anilines is 1. The number of carbonyl (C=O) groups is 1. The zero-order chi connectivity index (χ0) is 23.4. The molecular formula is C22H22ClFN4O4S. The smallest absolute Gasteiger partial charge is 0.259 e. The van der Waals surface area contributed by atoms with Crippen molar-refractivity contribution in [3.63, 3.8) is 0 Å². The van der Waals surface area contributed by atoms with Crippen molar-refractivity contribution in [3.8, 4) is 16.9 Å². The minimum absolute atomic E-state index is 0.0788. The second-order valence-electron chi connectivity index (χ2n) is 7.39. The number of pyridine rings is 1. The summed E-state index contributed by atoms with van der Waals surface area (Å²) in [5.74, 6) is -0.939. The first kappa shape index (κ1) is 23.5. The van der Waals surface area contributed by atoms with E-state index in [-0.39, 0.29) is 28.0 Å². The van der Waals surface area contributed by atoms with Gasteiger partial charge in [0.15, 0.2) is 5.82 Å². The minimum Gasteiger partial charge on any atom is -0.496 e. The Bertz CT molecular complexity index is 1150. The molecule has 0 unspecified atom stereocenters. The number of aromatic nitrogens is 3. The summed E-state index contributed by atoms with van der Waals surface area (Å²) in [6.07, 6.45) is 3.20. The zero-order valence-electron chi connectivity index (χ0n) is 18.1. The number of methoxy groups -OCH3 is 1. The van der Waals surface area contributed by atoms with E-state index in [1.807, 2.05) is 0 Å². The molecule has 1 fully saturated rings. The van der Waals surface area contributed by atoms with Crippen LogP contribution in [0, 0.1) is 12.7 Å². The van der Waals surface area contributed by atoms with Crippen LogP contribution in [0.25, 0.3) is 11.1 Å². The Morgan fingerprint density at radius 3 is 2.88 bits per heavy atom. The lowest BCUT2D eigenvalue weighted by atomic mass is 9.98. The highest BCUT2D eigenvalue weighted by molar-refractivity contribution is 7.15. The predicted octanol–water partition coefficient (Wildman–Crippen LogP) is 4.66. The third kappa shape index (κ3) is 5.47. The van der Waals surface area contributed by atoms with Crippen LogP contribution in [0.5, 0.6) is 5.75 Å². The normalized spacial score (nSPS) is 14.3. The highest BCUT2D eigenvalue weighted by atomic mass is 35.5.